The molecule has 2 aromatic rings. The number of hydrogen-bond donors (Lipinski definition) is 1. The maximum Gasteiger partial charge on any atom is 0.227 e. The highest BCUT2D eigenvalue weighted by molar-refractivity contribution is 5.80. The molecule has 1 aliphatic rings. The SMILES string of the molecule is Cc1n[nH]c(C)c1CC(=O)N1CCCC1Cc1ccccc1. The number of aryl methyl sites for hydroxylation is 2. The van der Waals surface area contributed by atoms with Crippen LogP contribution in [0.4, 0.5) is 0 Å². The number of nitrogens with one attached hydrogen (secondary N) is 1. The quantitative estimate of drug-likeness (QED) is 0.943. The van der Waals surface area contributed by atoms with Crippen LogP contribution in [0.1, 0.15) is 35.4 Å². The molecule has 3 rings (SSSR count). The summed E-state index contributed by atoms with van der Waals surface area (Å²) in [5.74, 6) is 0.228. The Morgan fingerprint density at radius 3 is 2.77 bits per heavy atom. The Balaban J connectivity index is 1.69. The molecule has 1 saturated heterocycles. The van der Waals surface area contributed by atoms with Crippen LogP contribution in [0, 0.1) is 13.8 Å². The van der Waals surface area contributed by atoms with E-state index in [1.165, 1.54) is 5.56 Å². The van der Waals surface area contributed by atoms with Crippen molar-refractivity contribution in [2.45, 2.75) is 45.6 Å². The first-order chi connectivity index (χ1) is 10.6. The van der Waals surface area contributed by atoms with Gasteiger partial charge in [-0.15, -0.1) is 0 Å². The fourth-order valence-electron chi connectivity index (χ4n) is 3.35. The summed E-state index contributed by atoms with van der Waals surface area (Å²) >= 11 is 0. The summed E-state index contributed by atoms with van der Waals surface area (Å²) in [7, 11) is 0. The van der Waals surface area contributed by atoms with E-state index in [1.54, 1.807) is 0 Å². The lowest BCUT2D eigenvalue weighted by Crippen LogP contribution is -2.37. The number of nitrogens with zero attached hydrogens (tertiary/aromatic N) is 2. The van der Waals surface area contributed by atoms with Crippen LogP contribution >= 0.6 is 0 Å². The number of H-pyrrole nitrogens is 1. The van der Waals surface area contributed by atoms with E-state index in [2.05, 4.69) is 39.4 Å². The average molecular weight is 297 g/mol. The van der Waals surface area contributed by atoms with Gasteiger partial charge < -0.3 is 4.90 Å². The molecule has 1 N–H and O–H groups in total. The van der Waals surface area contributed by atoms with Gasteiger partial charge in [0, 0.05) is 23.8 Å². The van der Waals surface area contributed by atoms with E-state index >= 15 is 0 Å². The lowest BCUT2D eigenvalue weighted by molar-refractivity contribution is -0.131. The maximum atomic E-state index is 12.7. The topological polar surface area (TPSA) is 49.0 Å². The lowest BCUT2D eigenvalue weighted by Gasteiger charge is -2.25. The molecule has 1 unspecified atom stereocenters. The monoisotopic (exact) mass is 297 g/mol. The van der Waals surface area contributed by atoms with E-state index in [9.17, 15) is 4.79 Å². The first-order valence-electron chi connectivity index (χ1n) is 7.99. The fraction of sp³-hybridized carbons (Fsp3) is 0.444. The van der Waals surface area contributed by atoms with Gasteiger partial charge in [0.15, 0.2) is 0 Å². The van der Waals surface area contributed by atoms with Gasteiger partial charge in [-0.25, -0.2) is 0 Å². The highest BCUT2D eigenvalue weighted by atomic mass is 16.2. The predicted octanol–water partition coefficient (Wildman–Crippen LogP) is 2.80. The first-order valence-corrected chi connectivity index (χ1v) is 7.99. The minimum atomic E-state index is 0.228. The molecule has 0 bridgehead atoms. The molecule has 116 valence electrons. The third-order valence-electron chi connectivity index (χ3n) is 4.62. The summed E-state index contributed by atoms with van der Waals surface area (Å²) in [6.45, 7) is 4.82. The average Bonchev–Trinajstić information content (AvgIpc) is 3.10. The van der Waals surface area contributed by atoms with Gasteiger partial charge in [0.25, 0.3) is 0 Å². The number of aromatic amines is 1. The molecule has 1 aliphatic heterocycles. The van der Waals surface area contributed by atoms with Crippen molar-refractivity contribution in [2.75, 3.05) is 6.54 Å². The number of benzene rings is 1. The van der Waals surface area contributed by atoms with Gasteiger partial charge in [-0.05, 0) is 38.7 Å². The van der Waals surface area contributed by atoms with E-state index in [1.807, 2.05) is 19.9 Å². The number of amides is 1. The summed E-state index contributed by atoms with van der Waals surface area (Å²) in [5, 5.41) is 7.15. The number of carbonyl (C=O) groups excluding carboxylic acids is 1. The van der Waals surface area contributed by atoms with Crippen LogP contribution in [-0.4, -0.2) is 33.6 Å². The number of rotatable bonds is 4. The van der Waals surface area contributed by atoms with Gasteiger partial charge in [-0.2, -0.15) is 5.10 Å². The van der Waals surface area contributed by atoms with Crippen molar-refractivity contribution < 1.29 is 4.79 Å². The molecule has 1 aromatic carbocycles. The molecule has 4 heteroatoms. The number of aromatic nitrogens is 2. The molecular formula is C18H23N3O. The van der Waals surface area contributed by atoms with Crippen molar-refractivity contribution in [2.24, 2.45) is 0 Å². The molecule has 4 nitrogen and oxygen atoms in total. The van der Waals surface area contributed by atoms with Crippen LogP contribution in [-0.2, 0) is 17.6 Å². The Morgan fingerprint density at radius 2 is 2.09 bits per heavy atom. The van der Waals surface area contributed by atoms with Gasteiger partial charge in [-0.3, -0.25) is 9.89 Å². The zero-order valence-electron chi connectivity index (χ0n) is 13.3. The lowest BCUT2D eigenvalue weighted by atomic mass is 10.0. The highest BCUT2D eigenvalue weighted by Gasteiger charge is 2.29. The van der Waals surface area contributed by atoms with Crippen molar-refractivity contribution in [3.05, 3.63) is 52.8 Å². The van der Waals surface area contributed by atoms with E-state index in [-0.39, 0.29) is 5.91 Å². The van der Waals surface area contributed by atoms with E-state index in [4.69, 9.17) is 0 Å². The van der Waals surface area contributed by atoms with Crippen molar-refractivity contribution in [3.8, 4) is 0 Å². The van der Waals surface area contributed by atoms with Crippen LogP contribution in [0.2, 0.25) is 0 Å². The van der Waals surface area contributed by atoms with Crippen LogP contribution in [0.3, 0.4) is 0 Å². The van der Waals surface area contributed by atoms with Crippen molar-refractivity contribution in [1.82, 2.24) is 15.1 Å². The fourth-order valence-corrected chi connectivity index (χ4v) is 3.35. The third-order valence-corrected chi connectivity index (χ3v) is 4.62. The van der Waals surface area contributed by atoms with E-state index < -0.39 is 0 Å². The van der Waals surface area contributed by atoms with Gasteiger partial charge in [0.2, 0.25) is 5.91 Å². The zero-order chi connectivity index (χ0) is 15.5. The Hall–Kier alpha value is -2.10. The molecular weight excluding hydrogens is 274 g/mol. The minimum Gasteiger partial charge on any atom is -0.339 e. The molecule has 1 fully saturated rings. The second-order valence-corrected chi connectivity index (χ2v) is 6.16. The van der Waals surface area contributed by atoms with E-state index in [0.717, 1.165) is 42.8 Å². The number of hydrogen-bond acceptors (Lipinski definition) is 2. The molecule has 0 spiro atoms. The highest BCUT2D eigenvalue weighted by Crippen LogP contribution is 2.23. The summed E-state index contributed by atoms with van der Waals surface area (Å²) < 4.78 is 0. The van der Waals surface area contributed by atoms with Crippen molar-refractivity contribution in [3.63, 3.8) is 0 Å². The Kier molecular flexibility index (Phi) is 4.27. The zero-order valence-corrected chi connectivity index (χ0v) is 13.3. The van der Waals surface area contributed by atoms with Crippen LogP contribution in [0.5, 0.6) is 0 Å². The summed E-state index contributed by atoms with van der Waals surface area (Å²) in [4.78, 5) is 14.8. The molecule has 0 aliphatic carbocycles. The van der Waals surface area contributed by atoms with Crippen molar-refractivity contribution >= 4 is 5.91 Å². The normalized spacial score (nSPS) is 17.9. The van der Waals surface area contributed by atoms with Gasteiger partial charge in [-0.1, -0.05) is 30.3 Å². The van der Waals surface area contributed by atoms with Crippen LogP contribution in [0.15, 0.2) is 30.3 Å². The largest absolute Gasteiger partial charge is 0.339 e. The smallest absolute Gasteiger partial charge is 0.227 e. The van der Waals surface area contributed by atoms with Crippen LogP contribution in [0.25, 0.3) is 0 Å². The van der Waals surface area contributed by atoms with Crippen molar-refractivity contribution in [1.29, 1.82) is 0 Å². The molecule has 0 radical (unpaired) electrons. The minimum absolute atomic E-state index is 0.228. The standard InChI is InChI=1S/C18H23N3O/c1-13-17(14(2)20-19-13)12-18(22)21-10-6-9-16(21)11-15-7-4-3-5-8-15/h3-5,7-8,16H,6,9-12H2,1-2H3,(H,19,20). The molecule has 0 saturated carbocycles. The first kappa shape index (κ1) is 14.8. The van der Waals surface area contributed by atoms with Gasteiger partial charge in [0.05, 0.1) is 12.1 Å². The van der Waals surface area contributed by atoms with Gasteiger partial charge in [0.1, 0.15) is 0 Å². The second kappa shape index (κ2) is 6.34. The summed E-state index contributed by atoms with van der Waals surface area (Å²) in [6.07, 6.45) is 3.62. The number of carbonyl (C=O) groups is 1. The van der Waals surface area contributed by atoms with Gasteiger partial charge >= 0.3 is 0 Å². The Labute approximate surface area is 131 Å². The summed E-state index contributed by atoms with van der Waals surface area (Å²) in [5.41, 5.74) is 4.30. The molecule has 1 atom stereocenters. The Bertz CT molecular complexity index is 628. The molecule has 2 heterocycles. The van der Waals surface area contributed by atoms with E-state index in [0.29, 0.717) is 12.5 Å². The molecule has 1 amide bonds. The third kappa shape index (κ3) is 3.06. The molecule has 1 aromatic heterocycles. The predicted molar refractivity (Wildman–Crippen MR) is 86.6 cm³/mol. The summed E-state index contributed by atoms with van der Waals surface area (Å²) in [6, 6.07) is 10.8. The van der Waals surface area contributed by atoms with Crippen LogP contribution < -0.4 is 0 Å². The maximum absolute atomic E-state index is 12.7. The number of likely N-dealkylation sites (tertiary alicyclic amines) is 1. The second-order valence-electron chi connectivity index (χ2n) is 6.16. The molecule has 22 heavy (non-hydrogen) atoms. The Morgan fingerprint density at radius 1 is 1.32 bits per heavy atom.